The lowest BCUT2D eigenvalue weighted by Gasteiger charge is -2.18. The van der Waals surface area contributed by atoms with Crippen LogP contribution in [0.2, 0.25) is 0 Å². The summed E-state index contributed by atoms with van der Waals surface area (Å²) in [5.74, 6) is 0.156. The molecule has 0 saturated heterocycles. The molecular formula is C5H12NO2S-. The van der Waals surface area contributed by atoms with Gasteiger partial charge in [-0.15, -0.1) is 0 Å². The average molecular weight is 150 g/mol. The van der Waals surface area contributed by atoms with Crippen molar-refractivity contribution in [2.45, 2.75) is 25.8 Å². The lowest BCUT2D eigenvalue weighted by Crippen LogP contribution is -2.33. The Kier molecular flexibility index (Phi) is 3.32. The summed E-state index contributed by atoms with van der Waals surface area (Å²) in [6, 6.07) is 0. The summed E-state index contributed by atoms with van der Waals surface area (Å²) in [6.07, 6.45) is 0.517. The summed E-state index contributed by atoms with van der Waals surface area (Å²) in [5, 5.41) is 0. The maximum absolute atomic E-state index is 9.99. The monoisotopic (exact) mass is 150 g/mol. The van der Waals surface area contributed by atoms with Crippen LogP contribution in [0, 0.1) is 0 Å². The Balaban J connectivity index is 3.39. The molecule has 0 fully saturated rings. The van der Waals surface area contributed by atoms with Gasteiger partial charge in [0, 0.05) is 11.3 Å². The molecule has 0 rings (SSSR count). The quantitative estimate of drug-likeness (QED) is 0.575. The predicted octanol–water partition coefficient (Wildman–Crippen LogP) is -0.00710. The van der Waals surface area contributed by atoms with Crippen molar-refractivity contribution in [2.75, 3.05) is 5.75 Å². The van der Waals surface area contributed by atoms with Gasteiger partial charge in [0.25, 0.3) is 0 Å². The largest absolute Gasteiger partial charge is 0.772 e. The molecular weight excluding hydrogens is 138 g/mol. The van der Waals surface area contributed by atoms with E-state index in [1.54, 1.807) is 13.8 Å². The average Bonchev–Trinajstić information content (AvgIpc) is 1.59. The van der Waals surface area contributed by atoms with Gasteiger partial charge in [-0.2, -0.15) is 0 Å². The second-order valence-electron chi connectivity index (χ2n) is 2.75. The van der Waals surface area contributed by atoms with Crippen molar-refractivity contribution in [3.63, 3.8) is 0 Å². The van der Waals surface area contributed by atoms with Gasteiger partial charge in [0.1, 0.15) is 0 Å². The first-order valence-electron chi connectivity index (χ1n) is 2.76. The van der Waals surface area contributed by atoms with Crippen LogP contribution in [0.4, 0.5) is 0 Å². The standard InChI is InChI=1S/C5H13NO2S/c1-5(2,6)3-4-9(7)8/h3-4,6H2,1-2H3,(H,7,8)/p-1. The van der Waals surface area contributed by atoms with E-state index in [9.17, 15) is 8.76 Å². The lowest BCUT2D eigenvalue weighted by molar-refractivity contribution is 0.483. The maximum Gasteiger partial charge on any atom is 0.0119 e. The molecule has 9 heavy (non-hydrogen) atoms. The van der Waals surface area contributed by atoms with Crippen LogP contribution in [0.5, 0.6) is 0 Å². The molecule has 0 radical (unpaired) electrons. The molecule has 0 aliphatic carbocycles. The second kappa shape index (κ2) is 3.29. The molecule has 3 nitrogen and oxygen atoms in total. The summed E-state index contributed by atoms with van der Waals surface area (Å²) in [7, 11) is 0. The number of rotatable bonds is 3. The van der Waals surface area contributed by atoms with Crippen LogP contribution >= 0.6 is 0 Å². The topological polar surface area (TPSA) is 66.2 Å². The molecule has 0 aromatic carbocycles. The molecule has 0 saturated carbocycles. The van der Waals surface area contributed by atoms with Gasteiger partial charge in [0.2, 0.25) is 0 Å². The zero-order valence-corrected chi connectivity index (χ0v) is 6.53. The van der Waals surface area contributed by atoms with E-state index in [1.165, 1.54) is 0 Å². The number of hydrogen-bond acceptors (Lipinski definition) is 3. The van der Waals surface area contributed by atoms with Gasteiger partial charge in [0.15, 0.2) is 0 Å². The van der Waals surface area contributed by atoms with Gasteiger partial charge >= 0.3 is 0 Å². The molecule has 0 amide bonds. The third kappa shape index (κ3) is 8.07. The van der Waals surface area contributed by atoms with E-state index in [2.05, 4.69) is 0 Å². The van der Waals surface area contributed by atoms with Crippen LogP contribution in [-0.4, -0.2) is 20.1 Å². The second-order valence-corrected chi connectivity index (χ2v) is 3.76. The SMILES string of the molecule is CC(C)(N)CCS(=O)[O-]. The zero-order chi connectivity index (χ0) is 7.49. The Morgan fingerprint density at radius 3 is 2.22 bits per heavy atom. The smallest absolute Gasteiger partial charge is 0.0119 e. The number of nitrogens with two attached hydrogens (primary N) is 1. The van der Waals surface area contributed by atoms with E-state index >= 15 is 0 Å². The Labute approximate surface area is 57.9 Å². The molecule has 1 atom stereocenters. The van der Waals surface area contributed by atoms with E-state index in [4.69, 9.17) is 5.73 Å². The zero-order valence-electron chi connectivity index (χ0n) is 5.72. The summed E-state index contributed by atoms with van der Waals surface area (Å²) >= 11 is -1.94. The summed E-state index contributed by atoms with van der Waals surface area (Å²) in [4.78, 5) is 0. The van der Waals surface area contributed by atoms with Gasteiger partial charge in [0.05, 0.1) is 0 Å². The molecule has 0 aliphatic rings. The fourth-order valence-electron chi connectivity index (χ4n) is 0.346. The van der Waals surface area contributed by atoms with Gasteiger partial charge in [-0.25, -0.2) is 0 Å². The highest BCUT2D eigenvalue weighted by Crippen LogP contribution is 2.02. The van der Waals surface area contributed by atoms with Crippen molar-refractivity contribution in [3.05, 3.63) is 0 Å². The van der Waals surface area contributed by atoms with Crippen molar-refractivity contribution in [2.24, 2.45) is 5.73 Å². The molecule has 0 bridgehead atoms. The van der Waals surface area contributed by atoms with Crippen molar-refractivity contribution in [1.29, 1.82) is 0 Å². The first-order valence-corrected chi connectivity index (χ1v) is 4.01. The maximum atomic E-state index is 9.99. The fourth-order valence-corrected chi connectivity index (χ4v) is 1.04. The van der Waals surface area contributed by atoms with Crippen molar-refractivity contribution >= 4 is 11.1 Å². The normalized spacial score (nSPS) is 15.6. The van der Waals surface area contributed by atoms with Crippen LogP contribution in [0.15, 0.2) is 0 Å². The molecule has 4 heteroatoms. The minimum atomic E-state index is -1.94. The predicted molar refractivity (Wildman–Crippen MR) is 36.7 cm³/mol. The molecule has 2 N–H and O–H groups in total. The minimum Gasteiger partial charge on any atom is -0.772 e. The lowest BCUT2D eigenvalue weighted by atomic mass is 10.0. The van der Waals surface area contributed by atoms with Crippen molar-refractivity contribution < 1.29 is 8.76 Å². The molecule has 0 spiro atoms. The highest BCUT2D eigenvalue weighted by molar-refractivity contribution is 7.79. The molecule has 0 aliphatic heterocycles. The first kappa shape index (κ1) is 9.07. The highest BCUT2D eigenvalue weighted by Gasteiger charge is 2.08. The van der Waals surface area contributed by atoms with Gasteiger partial charge in [-0.05, 0) is 20.3 Å². The Morgan fingerprint density at radius 2 is 2.11 bits per heavy atom. The van der Waals surface area contributed by atoms with Crippen LogP contribution < -0.4 is 5.73 Å². The number of hydrogen-bond donors (Lipinski definition) is 1. The molecule has 56 valence electrons. The Bertz CT molecular complexity index is 108. The van der Waals surface area contributed by atoms with Crippen LogP contribution in [0.25, 0.3) is 0 Å². The van der Waals surface area contributed by atoms with E-state index in [0.29, 0.717) is 6.42 Å². The van der Waals surface area contributed by atoms with E-state index in [-0.39, 0.29) is 11.3 Å². The van der Waals surface area contributed by atoms with Gasteiger partial charge in [-0.1, -0.05) is 11.1 Å². The Hall–Kier alpha value is 0.0700. The van der Waals surface area contributed by atoms with Crippen LogP contribution in [0.1, 0.15) is 20.3 Å². The van der Waals surface area contributed by atoms with Crippen molar-refractivity contribution in [3.8, 4) is 0 Å². The van der Waals surface area contributed by atoms with Gasteiger partial charge < -0.3 is 10.3 Å². The third-order valence-corrected chi connectivity index (χ3v) is 1.45. The van der Waals surface area contributed by atoms with Crippen LogP contribution in [-0.2, 0) is 11.1 Å². The summed E-state index contributed by atoms with van der Waals surface area (Å²) in [6.45, 7) is 3.61. The molecule has 1 unspecified atom stereocenters. The fraction of sp³-hybridized carbons (Fsp3) is 1.00. The van der Waals surface area contributed by atoms with E-state index < -0.39 is 11.1 Å². The molecule has 0 heterocycles. The third-order valence-electron chi connectivity index (χ3n) is 0.913. The van der Waals surface area contributed by atoms with E-state index in [0.717, 1.165) is 0 Å². The summed E-state index contributed by atoms with van der Waals surface area (Å²) < 4.78 is 20.0. The summed E-state index contributed by atoms with van der Waals surface area (Å²) in [5.41, 5.74) is 5.15. The first-order chi connectivity index (χ1) is 3.92. The van der Waals surface area contributed by atoms with Crippen LogP contribution in [0.3, 0.4) is 0 Å². The highest BCUT2D eigenvalue weighted by atomic mass is 32.2. The van der Waals surface area contributed by atoms with Gasteiger partial charge in [-0.3, -0.25) is 4.21 Å². The Morgan fingerprint density at radius 1 is 1.67 bits per heavy atom. The molecule has 0 aromatic rings. The van der Waals surface area contributed by atoms with Crippen molar-refractivity contribution in [1.82, 2.24) is 0 Å². The minimum absolute atomic E-state index is 0.156. The molecule has 0 aromatic heterocycles. The van der Waals surface area contributed by atoms with E-state index in [1.807, 2.05) is 0 Å².